The van der Waals surface area contributed by atoms with Crippen molar-refractivity contribution in [1.82, 2.24) is 25.0 Å². The molecule has 0 saturated heterocycles. The summed E-state index contributed by atoms with van der Waals surface area (Å²) < 4.78 is 22.7. The Kier molecular flexibility index (Phi) is 5.68. The molecule has 1 N–H and O–H groups in total. The lowest BCUT2D eigenvalue weighted by molar-refractivity contribution is 0.302. The summed E-state index contributed by atoms with van der Waals surface area (Å²) in [5.74, 6) is -0.586. The summed E-state index contributed by atoms with van der Waals surface area (Å²) >= 11 is 18.6. The van der Waals surface area contributed by atoms with Gasteiger partial charge in [0.05, 0.1) is 51.2 Å². The number of aromatic amines is 1. The van der Waals surface area contributed by atoms with E-state index in [1.54, 1.807) is 13.1 Å². The van der Waals surface area contributed by atoms with E-state index in [-0.39, 0.29) is 55.8 Å². The van der Waals surface area contributed by atoms with E-state index in [1.807, 2.05) is 6.07 Å². The molecule has 1 aliphatic carbocycles. The Morgan fingerprint density at radius 3 is 2.79 bits per heavy atom. The van der Waals surface area contributed by atoms with Crippen LogP contribution in [0.2, 0.25) is 10.2 Å². The van der Waals surface area contributed by atoms with E-state index in [0.717, 1.165) is 12.8 Å². The number of nitrogens with zero attached hydrogens (tertiary/aromatic N) is 5. The van der Waals surface area contributed by atoms with E-state index in [0.29, 0.717) is 16.6 Å². The molecule has 3 heterocycles. The maximum Gasteiger partial charge on any atom is 0.275 e. The van der Waals surface area contributed by atoms with E-state index in [1.165, 1.54) is 16.9 Å². The number of ether oxygens (including phenoxy) is 1. The van der Waals surface area contributed by atoms with Crippen molar-refractivity contribution in [2.75, 3.05) is 0 Å². The van der Waals surface area contributed by atoms with Crippen LogP contribution in [0.3, 0.4) is 0 Å². The number of fused-ring (bicyclic) bond motifs is 1. The smallest absolute Gasteiger partial charge is 0.275 e. The number of aromatic nitrogens is 5. The molecule has 0 radical (unpaired) electrons. The first kappa shape index (κ1) is 22.6. The van der Waals surface area contributed by atoms with Crippen LogP contribution < -0.4 is 10.3 Å². The summed E-state index contributed by atoms with van der Waals surface area (Å²) in [6.07, 6.45) is 3.13. The maximum atomic E-state index is 15.4. The van der Waals surface area contributed by atoms with Gasteiger partial charge in [-0.1, -0.05) is 23.2 Å². The van der Waals surface area contributed by atoms with Crippen LogP contribution in [-0.2, 0) is 12.9 Å². The molecule has 172 valence electrons. The second kappa shape index (κ2) is 8.55. The normalized spacial score (nSPS) is 13.3. The fourth-order valence-corrected chi connectivity index (χ4v) is 4.42. The van der Waals surface area contributed by atoms with Gasteiger partial charge in [-0.25, -0.2) is 14.5 Å². The zero-order chi connectivity index (χ0) is 24.1. The third-order valence-corrected chi connectivity index (χ3v) is 6.30. The SMILES string of the molecule is Cn1ncc(-c2cc3c(CCl)n[nH]c(=O)c3c(Cl)n2)c1-c1c(F)c(Cl)cc(OC2CC2)c1C#N. The molecule has 0 unspecified atom stereocenters. The van der Waals surface area contributed by atoms with E-state index in [4.69, 9.17) is 39.5 Å². The van der Waals surface area contributed by atoms with Crippen LogP contribution in [0, 0.1) is 17.1 Å². The predicted molar refractivity (Wildman–Crippen MR) is 126 cm³/mol. The number of nitriles is 1. The Morgan fingerprint density at radius 1 is 1.35 bits per heavy atom. The number of hydrogen-bond donors (Lipinski definition) is 1. The molecule has 0 amide bonds. The first-order valence-corrected chi connectivity index (χ1v) is 11.4. The average Bonchev–Trinajstić information content (AvgIpc) is 3.55. The Labute approximate surface area is 206 Å². The largest absolute Gasteiger partial charge is 0.489 e. The minimum atomic E-state index is -0.794. The second-order valence-electron chi connectivity index (χ2n) is 7.73. The average molecular weight is 520 g/mol. The van der Waals surface area contributed by atoms with Crippen molar-refractivity contribution >= 4 is 45.6 Å². The number of hydrogen-bond acceptors (Lipinski definition) is 6. The van der Waals surface area contributed by atoms with Crippen molar-refractivity contribution in [3.8, 4) is 34.3 Å². The molecule has 1 aliphatic rings. The van der Waals surface area contributed by atoms with Gasteiger partial charge in [-0.15, -0.1) is 11.6 Å². The fourth-order valence-electron chi connectivity index (χ4n) is 3.75. The molecule has 12 heteroatoms. The zero-order valence-corrected chi connectivity index (χ0v) is 19.8. The summed E-state index contributed by atoms with van der Waals surface area (Å²) in [7, 11) is 1.60. The number of halogens is 4. The quantitative estimate of drug-likeness (QED) is 0.294. The van der Waals surface area contributed by atoms with E-state index >= 15 is 4.39 Å². The highest BCUT2D eigenvalue weighted by molar-refractivity contribution is 6.34. The molecule has 5 rings (SSSR count). The van der Waals surface area contributed by atoms with Crippen LogP contribution in [0.15, 0.2) is 23.1 Å². The number of pyridine rings is 1. The first-order chi connectivity index (χ1) is 16.3. The lowest BCUT2D eigenvalue weighted by Crippen LogP contribution is -2.12. The lowest BCUT2D eigenvalue weighted by Gasteiger charge is -2.15. The molecule has 1 saturated carbocycles. The first-order valence-electron chi connectivity index (χ1n) is 10.1. The highest BCUT2D eigenvalue weighted by atomic mass is 35.5. The molecular formula is C22H14Cl3FN6O2. The number of alkyl halides is 1. The molecule has 0 atom stereocenters. The summed E-state index contributed by atoms with van der Waals surface area (Å²) in [5, 5.41) is 20.7. The van der Waals surface area contributed by atoms with Crippen molar-refractivity contribution in [2.24, 2.45) is 7.05 Å². The van der Waals surface area contributed by atoms with Gasteiger partial charge in [0, 0.05) is 24.1 Å². The Balaban J connectivity index is 1.79. The van der Waals surface area contributed by atoms with Crippen molar-refractivity contribution in [3.05, 3.63) is 55.9 Å². The minimum absolute atomic E-state index is 0.00917. The maximum absolute atomic E-state index is 15.4. The Morgan fingerprint density at radius 2 is 2.12 bits per heavy atom. The highest BCUT2D eigenvalue weighted by Crippen LogP contribution is 2.43. The monoisotopic (exact) mass is 518 g/mol. The van der Waals surface area contributed by atoms with E-state index < -0.39 is 11.4 Å². The number of H-pyrrole nitrogens is 1. The van der Waals surface area contributed by atoms with Gasteiger partial charge in [-0.2, -0.15) is 15.5 Å². The number of aryl methyl sites for hydroxylation is 1. The molecule has 1 fully saturated rings. The highest BCUT2D eigenvalue weighted by Gasteiger charge is 2.30. The number of nitrogens with one attached hydrogen (secondary N) is 1. The third kappa shape index (κ3) is 3.68. The topological polar surface area (TPSA) is 109 Å². The molecule has 0 aliphatic heterocycles. The predicted octanol–water partition coefficient (Wildman–Crippen LogP) is 4.98. The van der Waals surface area contributed by atoms with Gasteiger partial charge in [0.25, 0.3) is 5.56 Å². The van der Waals surface area contributed by atoms with Gasteiger partial charge >= 0.3 is 0 Å². The van der Waals surface area contributed by atoms with Crippen LogP contribution in [-0.4, -0.2) is 31.1 Å². The molecule has 3 aromatic heterocycles. The fraction of sp³-hybridized carbons (Fsp3) is 0.227. The van der Waals surface area contributed by atoms with Crippen LogP contribution in [0.1, 0.15) is 24.1 Å². The van der Waals surface area contributed by atoms with Gasteiger partial charge in [0.2, 0.25) is 0 Å². The van der Waals surface area contributed by atoms with Crippen molar-refractivity contribution in [1.29, 1.82) is 5.26 Å². The van der Waals surface area contributed by atoms with Crippen LogP contribution in [0.4, 0.5) is 4.39 Å². The summed E-state index contributed by atoms with van der Waals surface area (Å²) in [5.41, 5.74) is 0.679. The van der Waals surface area contributed by atoms with Gasteiger partial charge in [0.1, 0.15) is 22.5 Å². The number of benzene rings is 1. The molecular weight excluding hydrogens is 506 g/mol. The van der Waals surface area contributed by atoms with Crippen molar-refractivity contribution in [2.45, 2.75) is 24.8 Å². The molecule has 8 nitrogen and oxygen atoms in total. The van der Waals surface area contributed by atoms with Gasteiger partial charge in [-0.05, 0) is 18.9 Å². The van der Waals surface area contributed by atoms with E-state index in [9.17, 15) is 10.1 Å². The zero-order valence-electron chi connectivity index (χ0n) is 17.5. The molecule has 4 aromatic rings. The minimum Gasteiger partial charge on any atom is -0.489 e. The molecule has 1 aromatic carbocycles. The van der Waals surface area contributed by atoms with Crippen molar-refractivity contribution < 1.29 is 9.13 Å². The van der Waals surface area contributed by atoms with Gasteiger partial charge in [-0.3, -0.25) is 9.48 Å². The third-order valence-electron chi connectivity index (χ3n) is 5.50. The van der Waals surface area contributed by atoms with Gasteiger partial charge in [0.15, 0.2) is 5.82 Å². The standard InChI is InChI=1S/C22H14Cl3FN6O2/c1-32-20(17-11(7-27)16(34-9-2-3-9)5-13(24)19(17)26)12(8-28-32)14-4-10-15(6-23)30-31-22(33)18(10)21(25)29-14/h4-5,8-9H,2-3,6H2,1H3,(H,31,33). The van der Waals surface area contributed by atoms with Crippen LogP contribution >= 0.6 is 34.8 Å². The lowest BCUT2D eigenvalue weighted by atomic mass is 9.98. The van der Waals surface area contributed by atoms with E-state index in [2.05, 4.69) is 20.3 Å². The molecule has 0 bridgehead atoms. The van der Waals surface area contributed by atoms with Crippen LogP contribution in [0.25, 0.3) is 33.3 Å². The molecule has 0 spiro atoms. The van der Waals surface area contributed by atoms with Crippen molar-refractivity contribution in [3.63, 3.8) is 0 Å². The summed E-state index contributed by atoms with van der Waals surface area (Å²) in [6, 6.07) is 4.93. The van der Waals surface area contributed by atoms with Crippen LogP contribution in [0.5, 0.6) is 5.75 Å². The summed E-state index contributed by atoms with van der Waals surface area (Å²) in [6.45, 7) is 0. The Hall–Kier alpha value is -3.19. The molecule has 34 heavy (non-hydrogen) atoms. The number of rotatable bonds is 5. The second-order valence-corrected chi connectivity index (χ2v) is 8.77. The summed E-state index contributed by atoms with van der Waals surface area (Å²) in [4.78, 5) is 16.6. The van der Waals surface area contributed by atoms with Gasteiger partial charge < -0.3 is 4.74 Å². The Bertz CT molecular complexity index is 1570.